The van der Waals surface area contributed by atoms with Gasteiger partial charge in [0.1, 0.15) is 11.5 Å². The maximum absolute atomic E-state index is 4.65. The van der Waals surface area contributed by atoms with Gasteiger partial charge in [0.25, 0.3) is 0 Å². The van der Waals surface area contributed by atoms with Crippen LogP contribution in [0.4, 0.5) is 0 Å². The number of aromatic nitrogens is 3. The van der Waals surface area contributed by atoms with E-state index in [-0.39, 0.29) is 17.9 Å². The topological polar surface area (TPSA) is 85.1 Å². The van der Waals surface area contributed by atoms with Crippen molar-refractivity contribution in [2.75, 3.05) is 0 Å². The van der Waals surface area contributed by atoms with Gasteiger partial charge >= 0.3 is 0 Å². The number of nitrogens with zero attached hydrogens (tertiary/aromatic N) is 2. The molecule has 1 aromatic carbocycles. The summed E-state index contributed by atoms with van der Waals surface area (Å²) in [4.78, 5) is 12.4. The largest absolute Gasteiger partial charge is 0.412 e. The van der Waals surface area contributed by atoms with Crippen LogP contribution >= 0.6 is 12.4 Å². The van der Waals surface area contributed by atoms with Crippen molar-refractivity contribution in [1.82, 2.24) is 20.3 Å². The molecule has 0 spiro atoms. The highest BCUT2D eigenvalue weighted by atomic mass is 35.5. The first kappa shape index (κ1) is 19.4. The first-order valence-corrected chi connectivity index (χ1v) is 8.44. The lowest BCUT2D eigenvalue weighted by Crippen LogP contribution is -2.39. The van der Waals surface area contributed by atoms with Crippen molar-refractivity contribution >= 4 is 12.4 Å². The number of benzene rings is 1. The fourth-order valence-corrected chi connectivity index (χ4v) is 3.63. The van der Waals surface area contributed by atoms with Gasteiger partial charge in [-0.3, -0.25) is 4.98 Å². The van der Waals surface area contributed by atoms with Crippen molar-refractivity contribution in [1.29, 1.82) is 0 Å². The molecule has 3 unspecified atom stereocenters. The summed E-state index contributed by atoms with van der Waals surface area (Å²) in [6.45, 7) is 2.25. The van der Waals surface area contributed by atoms with Crippen LogP contribution in [-0.2, 0) is 0 Å². The second-order valence-corrected chi connectivity index (χ2v) is 6.42. The van der Waals surface area contributed by atoms with Crippen molar-refractivity contribution in [3.05, 3.63) is 60.2 Å². The smallest absolute Gasteiger partial charge is 0.109 e. The van der Waals surface area contributed by atoms with Crippen LogP contribution in [0.5, 0.6) is 0 Å². The third-order valence-corrected chi connectivity index (χ3v) is 4.93. The molecule has 0 bridgehead atoms. The predicted molar refractivity (Wildman–Crippen MR) is 102 cm³/mol. The van der Waals surface area contributed by atoms with E-state index < -0.39 is 0 Å². The molecule has 25 heavy (non-hydrogen) atoms. The number of piperidine rings is 1. The van der Waals surface area contributed by atoms with E-state index in [1.807, 2.05) is 18.5 Å². The maximum Gasteiger partial charge on any atom is 0.109 e. The summed E-state index contributed by atoms with van der Waals surface area (Å²) in [5.74, 6) is 1.54. The maximum atomic E-state index is 4.65. The summed E-state index contributed by atoms with van der Waals surface area (Å²) in [5, 5.41) is 3.80. The summed E-state index contributed by atoms with van der Waals surface area (Å²) in [6.07, 6.45) is 7.06. The van der Waals surface area contributed by atoms with Gasteiger partial charge in [-0.1, -0.05) is 37.3 Å². The number of aromatic amines is 1. The normalized spacial score (nSPS) is 22.8. The summed E-state index contributed by atoms with van der Waals surface area (Å²) in [7, 11) is 0. The van der Waals surface area contributed by atoms with Gasteiger partial charge in [0.2, 0.25) is 0 Å². The van der Waals surface area contributed by atoms with E-state index >= 15 is 0 Å². The van der Waals surface area contributed by atoms with Crippen LogP contribution in [0.3, 0.4) is 0 Å². The number of nitrogens with one attached hydrogen (secondary N) is 2. The molecule has 0 aromatic heterocycles. The zero-order valence-corrected chi connectivity index (χ0v) is 15.1. The van der Waals surface area contributed by atoms with Crippen molar-refractivity contribution < 1.29 is 5.48 Å². The molecule has 3 heterocycles. The monoisotopic (exact) mass is 360 g/mol. The Kier molecular flexibility index (Phi) is 6.53. The van der Waals surface area contributed by atoms with E-state index in [2.05, 4.69) is 57.5 Å². The van der Waals surface area contributed by atoms with Gasteiger partial charge in [-0.05, 0) is 30.9 Å². The second-order valence-electron chi connectivity index (χ2n) is 6.42. The Morgan fingerprint density at radius 2 is 1.88 bits per heavy atom. The molecule has 0 saturated carbocycles. The summed E-state index contributed by atoms with van der Waals surface area (Å²) < 4.78 is 0. The van der Waals surface area contributed by atoms with Crippen molar-refractivity contribution in [2.24, 2.45) is 0 Å². The van der Waals surface area contributed by atoms with Crippen LogP contribution in [0.25, 0.3) is 11.4 Å². The minimum Gasteiger partial charge on any atom is -0.412 e. The first-order valence-electron chi connectivity index (χ1n) is 8.44. The lowest BCUT2D eigenvalue weighted by molar-refractivity contribution is 0.281. The number of halogens is 1. The number of fused-ring (bicyclic) bond motifs is 1. The molecule has 3 atom stereocenters. The molecule has 4 rings (SSSR count). The third-order valence-electron chi connectivity index (χ3n) is 4.93. The molecule has 1 fully saturated rings. The molecule has 1 aromatic rings. The third kappa shape index (κ3) is 4.00. The zero-order valence-electron chi connectivity index (χ0n) is 14.3. The number of hydrogen-bond donors (Lipinski definition) is 2. The summed E-state index contributed by atoms with van der Waals surface area (Å²) >= 11 is 0. The SMILES string of the molecule is CCC1CC(c2ncc3nccc-3[nH]2)CC(c2ccccc2)N1.Cl.O. The molecular weight excluding hydrogens is 336 g/mol. The first-order chi connectivity index (χ1) is 11.3. The highest BCUT2D eigenvalue weighted by molar-refractivity contribution is 5.85. The number of hydrogen-bond acceptors (Lipinski definition) is 3. The molecule has 134 valence electrons. The van der Waals surface area contributed by atoms with Crippen LogP contribution in [0.2, 0.25) is 0 Å². The van der Waals surface area contributed by atoms with Crippen molar-refractivity contribution in [3.8, 4) is 11.4 Å². The fourth-order valence-electron chi connectivity index (χ4n) is 3.63. The summed E-state index contributed by atoms with van der Waals surface area (Å²) in [5.41, 5.74) is 3.39. The van der Waals surface area contributed by atoms with Gasteiger partial charge in [-0.25, -0.2) is 4.98 Å². The highest BCUT2D eigenvalue weighted by Crippen LogP contribution is 2.36. The lowest BCUT2D eigenvalue weighted by atomic mass is 9.83. The van der Waals surface area contributed by atoms with Gasteiger partial charge in [0.15, 0.2) is 0 Å². The van der Waals surface area contributed by atoms with E-state index in [4.69, 9.17) is 0 Å². The van der Waals surface area contributed by atoms with Gasteiger partial charge in [-0.15, -0.1) is 12.4 Å². The molecule has 0 amide bonds. The van der Waals surface area contributed by atoms with E-state index in [0.29, 0.717) is 18.0 Å². The quantitative estimate of drug-likeness (QED) is 0.749. The molecular formula is C19H25ClN4O. The molecule has 6 heteroatoms. The van der Waals surface area contributed by atoms with Gasteiger partial charge in [0.05, 0.1) is 11.9 Å². The molecule has 0 aliphatic carbocycles. The minimum atomic E-state index is 0. The van der Waals surface area contributed by atoms with Gasteiger partial charge in [0, 0.05) is 24.2 Å². The Balaban J connectivity index is 0.00000113. The van der Waals surface area contributed by atoms with Crippen molar-refractivity contribution in [2.45, 2.75) is 44.2 Å². The lowest BCUT2D eigenvalue weighted by Gasteiger charge is -2.36. The van der Waals surface area contributed by atoms with Crippen LogP contribution in [0.15, 0.2) is 48.8 Å². The van der Waals surface area contributed by atoms with Crippen LogP contribution in [-0.4, -0.2) is 26.5 Å². The van der Waals surface area contributed by atoms with Crippen LogP contribution in [0.1, 0.15) is 49.5 Å². The van der Waals surface area contributed by atoms with E-state index in [1.165, 1.54) is 5.56 Å². The Labute approximate surface area is 154 Å². The van der Waals surface area contributed by atoms with E-state index in [0.717, 1.165) is 36.5 Å². The van der Waals surface area contributed by atoms with Gasteiger partial charge in [-0.2, -0.15) is 0 Å². The number of rotatable bonds is 3. The second kappa shape index (κ2) is 8.43. The average Bonchev–Trinajstić information content (AvgIpc) is 3.09. The minimum absolute atomic E-state index is 0. The molecule has 1 saturated heterocycles. The zero-order chi connectivity index (χ0) is 15.6. The highest BCUT2D eigenvalue weighted by Gasteiger charge is 2.30. The van der Waals surface area contributed by atoms with Gasteiger partial charge < -0.3 is 15.8 Å². The summed E-state index contributed by atoms with van der Waals surface area (Å²) in [6, 6.07) is 13.7. The fraction of sp³-hybridized carbons (Fsp3) is 0.368. The molecule has 0 radical (unpaired) electrons. The van der Waals surface area contributed by atoms with Crippen LogP contribution < -0.4 is 5.32 Å². The standard InChI is InChI=1S/C19H22N4.ClH.H2O/c1-2-15-10-14(11-17(22-15)13-6-4-3-5-7-13)19-21-12-18-16(23-19)8-9-20-18;;/h3-9,12,14-15,17,22H,2,10-11H2,1H3,(H,21,23);1H;1H2. The predicted octanol–water partition coefficient (Wildman–Crippen LogP) is 3.49. The molecule has 3 aliphatic heterocycles. The molecule has 5 nitrogen and oxygen atoms in total. The number of H-pyrrole nitrogens is 1. The average molecular weight is 361 g/mol. The Bertz CT molecular complexity index is 748. The Morgan fingerprint density at radius 3 is 2.64 bits per heavy atom. The van der Waals surface area contributed by atoms with E-state index in [9.17, 15) is 0 Å². The van der Waals surface area contributed by atoms with E-state index in [1.54, 1.807) is 0 Å². The Hall–Kier alpha value is -1.95. The van der Waals surface area contributed by atoms with Crippen LogP contribution in [0, 0.1) is 0 Å². The molecule has 3 aliphatic rings. The Morgan fingerprint density at radius 1 is 1.08 bits per heavy atom. The molecule has 4 N–H and O–H groups in total. The van der Waals surface area contributed by atoms with Crippen molar-refractivity contribution in [3.63, 3.8) is 0 Å².